The van der Waals surface area contributed by atoms with Crippen molar-refractivity contribution in [3.8, 4) is 11.8 Å². The number of hydrogen-bond acceptors (Lipinski definition) is 1. The topological polar surface area (TPSA) is 20.2 Å². The zero-order chi connectivity index (χ0) is 21.5. The van der Waals surface area contributed by atoms with E-state index in [0.29, 0.717) is 6.42 Å². The number of unbranched alkanes of at least 4 members (excludes halogenated alkanes) is 1. The largest absolute Gasteiger partial charge is 0.378 e. The summed E-state index contributed by atoms with van der Waals surface area (Å²) in [6.07, 6.45) is 5.61. The maximum atomic E-state index is 10.8. The number of aryl methyl sites for hydroxylation is 2. The lowest BCUT2D eigenvalue weighted by Gasteiger charge is -2.34. The van der Waals surface area contributed by atoms with Gasteiger partial charge in [-0.3, -0.25) is 0 Å². The Hall–Kier alpha value is -2.04. The van der Waals surface area contributed by atoms with Gasteiger partial charge in [0.25, 0.3) is 0 Å². The molecule has 2 rings (SSSR count). The molecule has 0 aliphatic carbocycles. The molecule has 1 N–H and O–H groups in total. The third-order valence-electron chi connectivity index (χ3n) is 6.52. The van der Waals surface area contributed by atoms with Gasteiger partial charge in [-0.2, -0.15) is 0 Å². The van der Waals surface area contributed by atoms with Crippen molar-refractivity contribution >= 4 is 0 Å². The molecule has 2 aromatic rings. The molecule has 29 heavy (non-hydrogen) atoms. The minimum Gasteiger partial charge on any atom is -0.378 e. The van der Waals surface area contributed by atoms with Crippen molar-refractivity contribution in [3.05, 3.63) is 70.3 Å². The van der Waals surface area contributed by atoms with Gasteiger partial charge >= 0.3 is 0 Å². The van der Waals surface area contributed by atoms with Crippen LogP contribution in [0.15, 0.2) is 42.5 Å². The van der Waals surface area contributed by atoms with Crippen LogP contribution in [0.25, 0.3) is 0 Å². The van der Waals surface area contributed by atoms with Crippen molar-refractivity contribution in [2.75, 3.05) is 0 Å². The second kappa shape index (κ2) is 10.1. The molecule has 0 spiro atoms. The smallest absolute Gasteiger partial charge is 0.125 e. The zero-order valence-electron chi connectivity index (χ0n) is 19.2. The molecule has 2 aromatic carbocycles. The summed E-state index contributed by atoms with van der Waals surface area (Å²) >= 11 is 0. The lowest BCUT2D eigenvalue weighted by atomic mass is 9.70. The molecule has 1 nitrogen and oxygen atoms in total. The van der Waals surface area contributed by atoms with E-state index in [4.69, 9.17) is 0 Å². The molecular weight excluding hydrogens is 352 g/mol. The van der Waals surface area contributed by atoms with E-state index in [9.17, 15) is 5.11 Å². The van der Waals surface area contributed by atoms with E-state index in [0.717, 1.165) is 37.7 Å². The van der Waals surface area contributed by atoms with Crippen molar-refractivity contribution in [3.63, 3.8) is 0 Å². The lowest BCUT2D eigenvalue weighted by molar-refractivity contribution is 0.0851. The summed E-state index contributed by atoms with van der Waals surface area (Å²) in [7, 11) is 0. The fourth-order valence-electron chi connectivity index (χ4n) is 4.26. The van der Waals surface area contributed by atoms with Gasteiger partial charge in [0.2, 0.25) is 0 Å². The van der Waals surface area contributed by atoms with Gasteiger partial charge < -0.3 is 5.11 Å². The van der Waals surface area contributed by atoms with E-state index in [1.807, 2.05) is 6.92 Å². The van der Waals surface area contributed by atoms with Gasteiger partial charge in [0.15, 0.2) is 0 Å². The molecule has 0 aliphatic rings. The Labute approximate surface area is 178 Å². The fraction of sp³-hybridized carbons (Fsp3) is 0.500. The number of aliphatic hydroxyl groups is 1. The van der Waals surface area contributed by atoms with Gasteiger partial charge in [-0.05, 0) is 68.7 Å². The van der Waals surface area contributed by atoms with Crippen LogP contribution in [-0.4, -0.2) is 10.7 Å². The predicted octanol–water partition coefficient (Wildman–Crippen LogP) is 7.09. The van der Waals surface area contributed by atoms with E-state index >= 15 is 0 Å². The number of benzene rings is 2. The van der Waals surface area contributed by atoms with E-state index < -0.39 is 5.60 Å². The highest BCUT2D eigenvalue weighted by Crippen LogP contribution is 2.39. The molecule has 0 aromatic heterocycles. The van der Waals surface area contributed by atoms with Crippen LogP contribution in [0.3, 0.4) is 0 Å². The molecule has 1 heteroatoms. The Balaban J connectivity index is 2.43. The summed E-state index contributed by atoms with van der Waals surface area (Å²) in [6, 6.07) is 15.6. The van der Waals surface area contributed by atoms with Gasteiger partial charge in [-0.1, -0.05) is 87.9 Å². The molecule has 1 unspecified atom stereocenters. The SMILES string of the molecule is CCCCC(O)(C#Cc1ccc(C(CC)(CC)c2cccc(C)c2)cc1C)CC. The molecule has 1 atom stereocenters. The Morgan fingerprint density at radius 1 is 0.862 bits per heavy atom. The molecular formula is C28H38O. The summed E-state index contributed by atoms with van der Waals surface area (Å²) in [6.45, 7) is 13.0. The first-order valence-corrected chi connectivity index (χ1v) is 11.3. The van der Waals surface area contributed by atoms with E-state index in [2.05, 4.69) is 88.9 Å². The van der Waals surface area contributed by atoms with Crippen molar-refractivity contribution in [2.24, 2.45) is 0 Å². The van der Waals surface area contributed by atoms with Gasteiger partial charge in [0, 0.05) is 11.0 Å². The van der Waals surface area contributed by atoms with Crippen LogP contribution >= 0.6 is 0 Å². The molecule has 0 saturated heterocycles. The van der Waals surface area contributed by atoms with Crippen LogP contribution in [0.4, 0.5) is 0 Å². The van der Waals surface area contributed by atoms with Gasteiger partial charge in [0.05, 0.1) is 0 Å². The highest BCUT2D eigenvalue weighted by molar-refractivity contribution is 5.48. The molecule has 0 radical (unpaired) electrons. The summed E-state index contributed by atoms with van der Waals surface area (Å²) in [4.78, 5) is 0. The first kappa shape index (κ1) is 23.2. The first-order chi connectivity index (χ1) is 13.8. The fourth-order valence-corrected chi connectivity index (χ4v) is 4.26. The minimum absolute atomic E-state index is 0.0218. The van der Waals surface area contributed by atoms with Crippen molar-refractivity contribution in [1.82, 2.24) is 0 Å². The van der Waals surface area contributed by atoms with E-state index in [-0.39, 0.29) is 5.41 Å². The Kier molecular flexibility index (Phi) is 8.12. The zero-order valence-corrected chi connectivity index (χ0v) is 19.2. The molecule has 0 aliphatic heterocycles. The second-order valence-corrected chi connectivity index (χ2v) is 8.43. The van der Waals surface area contributed by atoms with Crippen LogP contribution in [-0.2, 0) is 5.41 Å². The lowest BCUT2D eigenvalue weighted by Crippen LogP contribution is -2.26. The normalized spacial score (nSPS) is 13.5. The first-order valence-electron chi connectivity index (χ1n) is 11.3. The van der Waals surface area contributed by atoms with Gasteiger partial charge in [0.1, 0.15) is 5.60 Å². The average Bonchev–Trinajstić information content (AvgIpc) is 2.73. The van der Waals surface area contributed by atoms with Crippen LogP contribution in [0, 0.1) is 25.7 Å². The summed E-state index contributed by atoms with van der Waals surface area (Å²) in [5, 5.41) is 10.8. The van der Waals surface area contributed by atoms with Crippen molar-refractivity contribution in [1.29, 1.82) is 0 Å². The van der Waals surface area contributed by atoms with Gasteiger partial charge in [-0.15, -0.1) is 0 Å². The Morgan fingerprint density at radius 2 is 1.55 bits per heavy atom. The quantitative estimate of drug-likeness (QED) is 0.477. The molecule has 0 fully saturated rings. The molecule has 0 bridgehead atoms. The maximum Gasteiger partial charge on any atom is 0.125 e. The molecule has 0 amide bonds. The van der Waals surface area contributed by atoms with Gasteiger partial charge in [-0.25, -0.2) is 0 Å². The maximum absolute atomic E-state index is 10.8. The predicted molar refractivity (Wildman–Crippen MR) is 125 cm³/mol. The van der Waals surface area contributed by atoms with Crippen LogP contribution in [0.1, 0.15) is 94.0 Å². The van der Waals surface area contributed by atoms with Crippen molar-refractivity contribution in [2.45, 2.75) is 91.1 Å². The van der Waals surface area contributed by atoms with E-state index in [1.165, 1.54) is 22.3 Å². The van der Waals surface area contributed by atoms with Crippen molar-refractivity contribution < 1.29 is 5.11 Å². The Morgan fingerprint density at radius 3 is 2.10 bits per heavy atom. The van der Waals surface area contributed by atoms with Crippen LogP contribution in [0.2, 0.25) is 0 Å². The minimum atomic E-state index is -0.876. The number of rotatable bonds is 8. The standard InChI is InChI=1S/C28H38O/c1-7-11-18-27(29,8-2)19-17-24-15-16-26(21-23(24)6)28(9-3,10-4)25-14-12-13-22(5)20-25/h12-16,20-21,29H,7-11,18H2,1-6H3. The molecule has 0 saturated carbocycles. The molecule has 0 heterocycles. The average molecular weight is 391 g/mol. The molecule has 156 valence electrons. The summed E-state index contributed by atoms with van der Waals surface area (Å²) < 4.78 is 0. The highest BCUT2D eigenvalue weighted by Gasteiger charge is 2.31. The Bertz CT molecular complexity index is 863. The summed E-state index contributed by atoms with van der Waals surface area (Å²) in [5.41, 5.74) is 5.39. The third kappa shape index (κ3) is 5.31. The number of hydrogen-bond donors (Lipinski definition) is 1. The monoisotopic (exact) mass is 390 g/mol. The third-order valence-corrected chi connectivity index (χ3v) is 6.52. The van der Waals surface area contributed by atoms with Crippen LogP contribution in [0.5, 0.6) is 0 Å². The second-order valence-electron chi connectivity index (χ2n) is 8.43. The van der Waals surface area contributed by atoms with E-state index in [1.54, 1.807) is 0 Å². The van der Waals surface area contributed by atoms with Crippen LogP contribution < -0.4 is 0 Å². The summed E-state index contributed by atoms with van der Waals surface area (Å²) in [5.74, 6) is 6.45. The highest BCUT2D eigenvalue weighted by atomic mass is 16.3.